The molecule has 1 aliphatic carbocycles. The first-order chi connectivity index (χ1) is 17.5. The van der Waals surface area contributed by atoms with Gasteiger partial charge in [-0.15, -0.1) is 0 Å². The number of carboxylic acids is 1. The molecule has 1 aliphatic rings. The van der Waals surface area contributed by atoms with Crippen molar-refractivity contribution in [2.75, 3.05) is 31.8 Å². The number of hydrogen-bond acceptors (Lipinski definition) is 7. The van der Waals surface area contributed by atoms with Gasteiger partial charge in [0.1, 0.15) is 11.6 Å². The van der Waals surface area contributed by atoms with Crippen LogP contribution in [-0.4, -0.2) is 62.5 Å². The van der Waals surface area contributed by atoms with E-state index in [0.29, 0.717) is 47.7 Å². The lowest BCUT2D eigenvalue weighted by Crippen LogP contribution is -2.29. The first-order valence-electron chi connectivity index (χ1n) is 12.4. The molecule has 2 aromatic heterocycles. The molecule has 1 aromatic carbocycles. The molecule has 1 atom stereocenters. The predicted molar refractivity (Wildman–Crippen MR) is 143 cm³/mol. The molecule has 4 rings (SSSR count). The van der Waals surface area contributed by atoms with E-state index in [0.717, 1.165) is 41.6 Å². The smallest absolute Gasteiger partial charge is 0.321 e. The van der Waals surface area contributed by atoms with E-state index in [1.165, 1.54) is 0 Å². The summed E-state index contributed by atoms with van der Waals surface area (Å²) >= 11 is 0. The van der Waals surface area contributed by atoms with E-state index in [-0.39, 0.29) is 12.3 Å². The van der Waals surface area contributed by atoms with Crippen LogP contribution in [0.1, 0.15) is 59.5 Å². The lowest BCUT2D eigenvalue weighted by atomic mass is 10.0. The van der Waals surface area contributed by atoms with Crippen molar-refractivity contribution >= 4 is 38.6 Å². The van der Waals surface area contributed by atoms with Crippen molar-refractivity contribution in [1.29, 1.82) is 0 Å². The maximum absolute atomic E-state index is 12.9. The van der Waals surface area contributed by atoms with Gasteiger partial charge in [0, 0.05) is 32.5 Å². The van der Waals surface area contributed by atoms with E-state index in [4.69, 9.17) is 9.40 Å². The van der Waals surface area contributed by atoms with Gasteiger partial charge in [0.05, 0.1) is 10.9 Å². The van der Waals surface area contributed by atoms with Gasteiger partial charge < -0.3 is 19.7 Å². The number of furan rings is 1. The number of hydrogen-bond donors (Lipinski definition) is 2. The van der Waals surface area contributed by atoms with Gasteiger partial charge in [-0.25, -0.2) is 8.42 Å². The van der Waals surface area contributed by atoms with Gasteiger partial charge in [0.25, 0.3) is 5.91 Å². The zero-order valence-electron chi connectivity index (χ0n) is 21.6. The van der Waals surface area contributed by atoms with Crippen molar-refractivity contribution in [3.63, 3.8) is 0 Å². The highest BCUT2D eigenvalue weighted by Crippen LogP contribution is 2.46. The number of aliphatic carboxylic acids is 1. The highest BCUT2D eigenvalue weighted by atomic mass is 32.2. The second-order valence-electron chi connectivity index (χ2n) is 9.85. The van der Waals surface area contributed by atoms with E-state index in [2.05, 4.69) is 5.32 Å². The number of nitrogens with zero attached hydrogens (tertiary/aromatic N) is 2. The fourth-order valence-electron chi connectivity index (χ4n) is 4.59. The van der Waals surface area contributed by atoms with Crippen LogP contribution in [0.5, 0.6) is 0 Å². The molecule has 1 fully saturated rings. The summed E-state index contributed by atoms with van der Waals surface area (Å²) in [7, 11) is -0.153. The summed E-state index contributed by atoms with van der Waals surface area (Å²) in [5.74, 6) is 0.0432. The number of anilines is 1. The van der Waals surface area contributed by atoms with E-state index < -0.39 is 21.1 Å². The predicted octanol–water partition coefficient (Wildman–Crippen LogP) is 4.14. The standard InChI is InChI=1S/C27H33N3O6S/c1-16-8-10-18(11-9-16)23-22(25(31)28-2)20-15-19(17-12-13-17)24(29-26(20)36-23)30(3)14-6-5-7-21(27(32)33)37(4,34)35/h8-11,15,17,21H,5-7,12-14H2,1-4H3,(H,28,31)(H,32,33). The summed E-state index contributed by atoms with van der Waals surface area (Å²) in [6.45, 7) is 2.57. The molecule has 0 saturated heterocycles. The van der Waals surface area contributed by atoms with Gasteiger partial charge >= 0.3 is 5.97 Å². The normalized spacial score (nSPS) is 14.5. The Bertz CT molecular complexity index is 1420. The number of rotatable bonds is 11. The van der Waals surface area contributed by atoms with Crippen molar-refractivity contribution in [3.8, 4) is 11.3 Å². The van der Waals surface area contributed by atoms with Crippen LogP contribution in [0.3, 0.4) is 0 Å². The average molecular weight is 528 g/mol. The van der Waals surface area contributed by atoms with Crippen LogP contribution in [0, 0.1) is 6.92 Å². The Kier molecular flexibility index (Phi) is 7.59. The van der Waals surface area contributed by atoms with Gasteiger partial charge in [0.2, 0.25) is 5.71 Å². The third-order valence-corrected chi connectivity index (χ3v) is 8.31. The molecule has 10 heteroatoms. The molecular weight excluding hydrogens is 494 g/mol. The van der Waals surface area contributed by atoms with E-state index in [1.807, 2.05) is 49.2 Å². The summed E-state index contributed by atoms with van der Waals surface area (Å²) in [5, 5.41) is 11.2. The molecular formula is C27H33N3O6S. The van der Waals surface area contributed by atoms with Gasteiger partial charge in [-0.1, -0.05) is 29.8 Å². The summed E-state index contributed by atoms with van der Waals surface area (Å²) in [4.78, 5) is 31.1. The summed E-state index contributed by atoms with van der Waals surface area (Å²) in [6.07, 6.45) is 4.17. The maximum Gasteiger partial charge on any atom is 0.321 e. The molecule has 2 heterocycles. The molecule has 3 aromatic rings. The lowest BCUT2D eigenvalue weighted by molar-refractivity contribution is -0.136. The molecule has 1 unspecified atom stereocenters. The van der Waals surface area contributed by atoms with Gasteiger partial charge in [-0.3, -0.25) is 9.59 Å². The SMILES string of the molecule is CNC(=O)c1c(-c2ccc(C)cc2)oc2nc(N(C)CCCCC(C(=O)O)S(C)(=O)=O)c(C3CC3)cc12. The largest absolute Gasteiger partial charge is 0.480 e. The molecule has 1 amide bonds. The number of aromatic nitrogens is 1. The van der Waals surface area contributed by atoms with E-state index in [1.54, 1.807) is 7.05 Å². The number of carbonyl (C=O) groups excluding carboxylic acids is 1. The second-order valence-corrected chi connectivity index (χ2v) is 12.1. The number of aryl methyl sites for hydroxylation is 1. The molecule has 0 bridgehead atoms. The molecule has 198 valence electrons. The number of pyridine rings is 1. The Morgan fingerprint density at radius 1 is 1.22 bits per heavy atom. The van der Waals surface area contributed by atoms with Crippen molar-refractivity contribution in [1.82, 2.24) is 10.3 Å². The van der Waals surface area contributed by atoms with Crippen LogP contribution in [0.4, 0.5) is 5.82 Å². The van der Waals surface area contributed by atoms with Crippen LogP contribution in [0.15, 0.2) is 34.7 Å². The number of carboxylic acid groups (broad SMARTS) is 1. The zero-order valence-corrected chi connectivity index (χ0v) is 22.4. The van der Waals surface area contributed by atoms with Crippen molar-refractivity contribution in [3.05, 3.63) is 47.0 Å². The topological polar surface area (TPSA) is 130 Å². The van der Waals surface area contributed by atoms with Gasteiger partial charge in [-0.2, -0.15) is 4.98 Å². The van der Waals surface area contributed by atoms with E-state index >= 15 is 0 Å². The molecule has 0 spiro atoms. The van der Waals surface area contributed by atoms with E-state index in [9.17, 15) is 23.1 Å². The van der Waals surface area contributed by atoms with Crippen molar-refractivity contribution in [2.45, 2.75) is 50.2 Å². The van der Waals surface area contributed by atoms with Crippen LogP contribution < -0.4 is 10.2 Å². The Morgan fingerprint density at radius 2 is 1.89 bits per heavy atom. The monoisotopic (exact) mass is 527 g/mol. The zero-order chi connectivity index (χ0) is 26.9. The van der Waals surface area contributed by atoms with Crippen LogP contribution in [0.2, 0.25) is 0 Å². The third kappa shape index (κ3) is 5.79. The Hall–Kier alpha value is -3.40. The third-order valence-electron chi connectivity index (χ3n) is 6.84. The first-order valence-corrected chi connectivity index (χ1v) is 14.4. The summed E-state index contributed by atoms with van der Waals surface area (Å²) in [5.41, 5.74) is 3.79. The maximum atomic E-state index is 12.9. The van der Waals surface area contributed by atoms with Crippen molar-refractivity contribution < 1.29 is 27.5 Å². The Balaban J connectivity index is 1.64. The Labute approximate surface area is 216 Å². The quantitative estimate of drug-likeness (QED) is 0.356. The van der Waals surface area contributed by atoms with Gasteiger partial charge in [-0.05, 0) is 56.6 Å². The highest BCUT2D eigenvalue weighted by Gasteiger charge is 2.32. The molecule has 37 heavy (non-hydrogen) atoms. The molecule has 0 aliphatic heterocycles. The molecule has 9 nitrogen and oxygen atoms in total. The minimum atomic E-state index is -3.66. The molecule has 1 saturated carbocycles. The number of benzene rings is 1. The molecule has 0 radical (unpaired) electrons. The van der Waals surface area contributed by atoms with Gasteiger partial charge in [0.15, 0.2) is 15.1 Å². The van der Waals surface area contributed by atoms with Crippen LogP contribution in [0.25, 0.3) is 22.4 Å². The number of sulfone groups is 1. The first kappa shape index (κ1) is 26.7. The molecule has 2 N–H and O–H groups in total. The van der Waals surface area contributed by atoms with Crippen LogP contribution >= 0.6 is 0 Å². The lowest BCUT2D eigenvalue weighted by Gasteiger charge is -2.21. The number of carbonyl (C=O) groups is 2. The number of nitrogens with one attached hydrogen (secondary N) is 1. The number of fused-ring (bicyclic) bond motifs is 1. The minimum Gasteiger partial charge on any atom is -0.480 e. The summed E-state index contributed by atoms with van der Waals surface area (Å²) < 4.78 is 29.7. The number of unbranched alkanes of at least 4 members (excludes halogenated alkanes) is 1. The second kappa shape index (κ2) is 10.5. The Morgan fingerprint density at radius 3 is 2.46 bits per heavy atom. The van der Waals surface area contributed by atoms with Crippen LogP contribution in [-0.2, 0) is 14.6 Å². The average Bonchev–Trinajstić information content (AvgIpc) is 3.62. The highest BCUT2D eigenvalue weighted by molar-refractivity contribution is 7.92. The fourth-order valence-corrected chi connectivity index (χ4v) is 5.56. The number of amides is 1. The fraction of sp³-hybridized carbons (Fsp3) is 0.444. The summed E-state index contributed by atoms with van der Waals surface area (Å²) in [6, 6.07) is 9.81. The van der Waals surface area contributed by atoms with Crippen molar-refractivity contribution in [2.24, 2.45) is 0 Å². The minimum absolute atomic E-state index is 0.0670.